The van der Waals surface area contributed by atoms with Gasteiger partial charge in [0.25, 0.3) is 5.91 Å². The zero-order valence-corrected chi connectivity index (χ0v) is 10.7. The number of pyridine rings is 1. The van der Waals surface area contributed by atoms with Gasteiger partial charge in [-0.25, -0.2) is 4.98 Å². The molecule has 6 heteroatoms. The average Bonchev–Trinajstić information content (AvgIpc) is 2.45. The summed E-state index contributed by atoms with van der Waals surface area (Å²) >= 11 is 0. The van der Waals surface area contributed by atoms with Crippen LogP contribution < -0.4 is 15.8 Å². The third kappa shape index (κ3) is 4.24. The van der Waals surface area contributed by atoms with Gasteiger partial charge in [0.05, 0.1) is 11.9 Å². The topological polar surface area (TPSA) is 77.2 Å². The molecule has 1 amide bonds. The molecular formula is C14H14FN3O2. The largest absolute Gasteiger partial charge is 0.484 e. The Labute approximate surface area is 115 Å². The lowest BCUT2D eigenvalue weighted by Crippen LogP contribution is -2.19. The first-order valence-corrected chi connectivity index (χ1v) is 5.99. The molecule has 0 spiro atoms. The van der Waals surface area contributed by atoms with Crippen LogP contribution in [0.5, 0.6) is 5.75 Å². The maximum atomic E-state index is 12.6. The zero-order valence-electron chi connectivity index (χ0n) is 10.7. The Balaban J connectivity index is 1.87. The Hall–Kier alpha value is -2.63. The van der Waals surface area contributed by atoms with Crippen LogP contribution in [0.2, 0.25) is 0 Å². The van der Waals surface area contributed by atoms with E-state index in [4.69, 9.17) is 10.5 Å². The molecule has 0 radical (unpaired) electrons. The fourth-order valence-corrected chi connectivity index (χ4v) is 1.54. The molecule has 5 nitrogen and oxygen atoms in total. The number of anilines is 1. The Morgan fingerprint density at radius 3 is 2.60 bits per heavy atom. The lowest BCUT2D eigenvalue weighted by molar-refractivity contribution is -0.119. The van der Waals surface area contributed by atoms with E-state index in [9.17, 15) is 9.18 Å². The van der Waals surface area contributed by atoms with Crippen LogP contribution in [0.1, 0.15) is 5.56 Å². The second-order valence-corrected chi connectivity index (χ2v) is 4.12. The predicted molar refractivity (Wildman–Crippen MR) is 72.7 cm³/mol. The first kappa shape index (κ1) is 13.8. The Morgan fingerprint density at radius 1 is 1.25 bits per heavy atom. The van der Waals surface area contributed by atoms with Crippen molar-refractivity contribution in [3.63, 3.8) is 0 Å². The molecule has 0 unspecified atom stereocenters. The molecule has 2 rings (SSSR count). The molecule has 20 heavy (non-hydrogen) atoms. The van der Waals surface area contributed by atoms with Gasteiger partial charge in [-0.05, 0) is 29.8 Å². The van der Waals surface area contributed by atoms with Gasteiger partial charge in [0.2, 0.25) is 5.95 Å². The number of ether oxygens (including phenoxy) is 1. The molecule has 2 aromatic rings. The van der Waals surface area contributed by atoms with Gasteiger partial charge in [-0.1, -0.05) is 12.1 Å². The molecule has 0 saturated heterocycles. The number of nitrogens with one attached hydrogen (secondary N) is 1. The number of nitrogens with two attached hydrogens (primary N) is 1. The van der Waals surface area contributed by atoms with E-state index >= 15 is 0 Å². The van der Waals surface area contributed by atoms with Crippen molar-refractivity contribution in [1.82, 2.24) is 4.98 Å². The highest BCUT2D eigenvalue weighted by atomic mass is 19.1. The number of carbonyl (C=O) groups is 1. The van der Waals surface area contributed by atoms with E-state index in [1.54, 1.807) is 18.2 Å². The number of amides is 1. The maximum absolute atomic E-state index is 12.6. The Kier molecular flexibility index (Phi) is 4.49. The summed E-state index contributed by atoms with van der Waals surface area (Å²) in [4.78, 5) is 14.1. The number of nitrogens with zero attached hydrogens (tertiary/aromatic N) is 1. The molecule has 0 bridgehead atoms. The summed E-state index contributed by atoms with van der Waals surface area (Å²) in [6.45, 7) is 0.433. The number of rotatable bonds is 6. The first-order chi connectivity index (χ1) is 9.63. The molecule has 3 N–H and O–H groups in total. The molecule has 0 aliphatic rings. The molecule has 0 aliphatic carbocycles. The fraction of sp³-hybridized carbons (Fsp3) is 0.143. The maximum Gasteiger partial charge on any atom is 0.255 e. The highest BCUT2D eigenvalue weighted by Gasteiger charge is 1.99. The van der Waals surface area contributed by atoms with E-state index in [2.05, 4.69) is 10.3 Å². The van der Waals surface area contributed by atoms with E-state index < -0.39 is 11.9 Å². The third-order valence-corrected chi connectivity index (χ3v) is 2.53. The van der Waals surface area contributed by atoms with Crippen molar-refractivity contribution < 1.29 is 13.9 Å². The van der Waals surface area contributed by atoms with E-state index in [-0.39, 0.29) is 6.61 Å². The first-order valence-electron chi connectivity index (χ1n) is 5.99. The van der Waals surface area contributed by atoms with Crippen LogP contribution in [-0.4, -0.2) is 17.5 Å². The Morgan fingerprint density at radius 2 is 2.00 bits per heavy atom. The van der Waals surface area contributed by atoms with Gasteiger partial charge in [0.1, 0.15) is 5.75 Å². The second kappa shape index (κ2) is 6.51. The fourth-order valence-electron chi connectivity index (χ4n) is 1.54. The van der Waals surface area contributed by atoms with Crippen LogP contribution in [0.4, 0.5) is 10.1 Å². The number of primary amides is 1. The van der Waals surface area contributed by atoms with Gasteiger partial charge >= 0.3 is 0 Å². The number of aromatic nitrogens is 1. The summed E-state index contributed by atoms with van der Waals surface area (Å²) in [6, 6.07) is 10.1. The van der Waals surface area contributed by atoms with Crippen molar-refractivity contribution in [3.8, 4) is 5.75 Å². The molecule has 0 atom stereocenters. The molecule has 104 valence electrons. The summed E-state index contributed by atoms with van der Waals surface area (Å²) in [5.74, 6) is -0.443. The second-order valence-electron chi connectivity index (χ2n) is 4.12. The number of benzene rings is 1. The normalized spacial score (nSPS) is 10.1. The Bertz CT molecular complexity index is 570. The molecule has 1 aromatic heterocycles. The highest BCUT2D eigenvalue weighted by Crippen LogP contribution is 2.13. The van der Waals surface area contributed by atoms with Crippen molar-refractivity contribution in [2.24, 2.45) is 5.73 Å². The van der Waals surface area contributed by atoms with E-state index in [1.807, 2.05) is 12.1 Å². The molecule has 0 saturated carbocycles. The van der Waals surface area contributed by atoms with Crippen LogP contribution in [0.15, 0.2) is 42.6 Å². The predicted octanol–water partition coefficient (Wildman–Crippen LogP) is 1.70. The summed E-state index contributed by atoms with van der Waals surface area (Å²) in [6.07, 6.45) is 1.43. The van der Waals surface area contributed by atoms with Gasteiger partial charge in [-0.15, -0.1) is 0 Å². The number of carbonyl (C=O) groups excluding carboxylic acids is 1. The van der Waals surface area contributed by atoms with Gasteiger partial charge in [0.15, 0.2) is 6.61 Å². The molecule has 0 fully saturated rings. The van der Waals surface area contributed by atoms with E-state index in [0.717, 1.165) is 11.3 Å². The summed E-state index contributed by atoms with van der Waals surface area (Å²) in [5, 5.41) is 3.11. The van der Waals surface area contributed by atoms with Crippen molar-refractivity contribution in [1.29, 1.82) is 0 Å². The zero-order chi connectivity index (χ0) is 14.4. The summed E-state index contributed by atoms with van der Waals surface area (Å²) < 4.78 is 17.8. The van der Waals surface area contributed by atoms with Gasteiger partial charge in [-0.3, -0.25) is 4.79 Å². The lowest BCUT2D eigenvalue weighted by Gasteiger charge is -2.07. The van der Waals surface area contributed by atoms with Gasteiger partial charge in [0, 0.05) is 6.54 Å². The summed E-state index contributed by atoms with van der Waals surface area (Å²) in [7, 11) is 0. The van der Waals surface area contributed by atoms with Crippen molar-refractivity contribution in [3.05, 3.63) is 54.1 Å². The van der Waals surface area contributed by atoms with E-state index in [1.165, 1.54) is 12.3 Å². The average molecular weight is 275 g/mol. The molecular weight excluding hydrogens is 261 g/mol. The van der Waals surface area contributed by atoms with Crippen LogP contribution >= 0.6 is 0 Å². The third-order valence-electron chi connectivity index (χ3n) is 2.53. The quantitative estimate of drug-likeness (QED) is 0.787. The van der Waals surface area contributed by atoms with Crippen LogP contribution in [0.3, 0.4) is 0 Å². The summed E-state index contributed by atoms with van der Waals surface area (Å²) in [5.41, 5.74) is 6.74. The SMILES string of the molecule is NC(=O)COc1ccc(CNc2ccc(F)nc2)cc1. The van der Waals surface area contributed by atoms with E-state index in [0.29, 0.717) is 12.3 Å². The minimum atomic E-state index is -0.514. The lowest BCUT2D eigenvalue weighted by atomic mass is 10.2. The van der Waals surface area contributed by atoms with Gasteiger partial charge < -0.3 is 15.8 Å². The minimum Gasteiger partial charge on any atom is -0.484 e. The highest BCUT2D eigenvalue weighted by molar-refractivity contribution is 5.75. The number of hydrogen-bond donors (Lipinski definition) is 2. The van der Waals surface area contributed by atoms with Crippen LogP contribution in [-0.2, 0) is 11.3 Å². The van der Waals surface area contributed by atoms with Crippen molar-refractivity contribution in [2.45, 2.75) is 6.54 Å². The number of halogens is 1. The van der Waals surface area contributed by atoms with Crippen molar-refractivity contribution >= 4 is 11.6 Å². The van der Waals surface area contributed by atoms with Crippen LogP contribution in [0.25, 0.3) is 0 Å². The monoisotopic (exact) mass is 275 g/mol. The molecule has 1 heterocycles. The smallest absolute Gasteiger partial charge is 0.255 e. The van der Waals surface area contributed by atoms with Crippen LogP contribution in [0, 0.1) is 5.95 Å². The number of hydrogen-bond acceptors (Lipinski definition) is 4. The van der Waals surface area contributed by atoms with Gasteiger partial charge in [-0.2, -0.15) is 4.39 Å². The standard InChI is InChI=1S/C14H14FN3O2/c15-13-6-3-11(8-18-13)17-7-10-1-4-12(5-2-10)20-9-14(16)19/h1-6,8,17H,7,9H2,(H2,16,19). The minimum absolute atomic E-state index is 0.140. The molecule has 1 aromatic carbocycles. The van der Waals surface area contributed by atoms with Crippen molar-refractivity contribution in [2.75, 3.05) is 11.9 Å². The molecule has 0 aliphatic heterocycles.